The van der Waals surface area contributed by atoms with Crippen molar-refractivity contribution >= 4 is 44.8 Å². The van der Waals surface area contributed by atoms with Crippen molar-refractivity contribution in [3.05, 3.63) is 57.6 Å². The summed E-state index contributed by atoms with van der Waals surface area (Å²) < 4.78 is 27.6. The van der Waals surface area contributed by atoms with Gasteiger partial charge in [0.2, 0.25) is 5.91 Å². The van der Waals surface area contributed by atoms with Gasteiger partial charge in [-0.05, 0) is 55.2 Å². The van der Waals surface area contributed by atoms with Gasteiger partial charge in [0.05, 0.1) is 11.4 Å². The summed E-state index contributed by atoms with van der Waals surface area (Å²) in [5.74, 6) is -0.0238. The molecule has 0 aliphatic heterocycles. The molecule has 138 valence electrons. The number of amides is 1. The maximum absolute atomic E-state index is 12.6. The van der Waals surface area contributed by atoms with Crippen molar-refractivity contribution in [3.63, 3.8) is 0 Å². The lowest BCUT2D eigenvalue weighted by Gasteiger charge is -2.11. The third-order valence-corrected chi connectivity index (χ3v) is 6.27. The number of nitrogens with one attached hydrogen (secondary N) is 2. The van der Waals surface area contributed by atoms with E-state index in [1.165, 1.54) is 12.1 Å². The monoisotopic (exact) mass is 412 g/mol. The fourth-order valence-corrected chi connectivity index (χ4v) is 4.32. The molecule has 26 heavy (non-hydrogen) atoms. The normalized spacial score (nSPS) is 14.1. The fourth-order valence-electron chi connectivity index (χ4n) is 2.43. The van der Waals surface area contributed by atoms with E-state index >= 15 is 0 Å². The highest BCUT2D eigenvalue weighted by atomic mass is 35.5. The van der Waals surface area contributed by atoms with Crippen molar-refractivity contribution < 1.29 is 13.2 Å². The van der Waals surface area contributed by atoms with Crippen molar-refractivity contribution in [1.29, 1.82) is 0 Å². The molecule has 1 amide bonds. The Morgan fingerprint density at radius 3 is 2.38 bits per heavy atom. The number of rotatable bonds is 6. The zero-order chi connectivity index (χ0) is 18.9. The van der Waals surface area contributed by atoms with Crippen LogP contribution in [0.15, 0.2) is 41.3 Å². The number of sulfonamides is 1. The molecule has 0 spiro atoms. The van der Waals surface area contributed by atoms with E-state index in [0.717, 1.165) is 18.4 Å². The van der Waals surface area contributed by atoms with Gasteiger partial charge >= 0.3 is 0 Å². The summed E-state index contributed by atoms with van der Waals surface area (Å²) >= 11 is 12.0. The minimum atomic E-state index is -3.85. The maximum atomic E-state index is 12.6. The summed E-state index contributed by atoms with van der Waals surface area (Å²) in [6, 6.07) is 9.85. The highest BCUT2D eigenvalue weighted by Gasteiger charge is 2.23. The number of anilines is 1. The van der Waals surface area contributed by atoms with Gasteiger partial charge in [0.25, 0.3) is 10.0 Å². The molecule has 1 aliphatic rings. The summed E-state index contributed by atoms with van der Waals surface area (Å²) in [6.45, 7) is 1.71. The van der Waals surface area contributed by atoms with Gasteiger partial charge < -0.3 is 5.32 Å². The molecule has 2 N–H and O–H groups in total. The Labute approximate surface area is 162 Å². The lowest BCUT2D eigenvalue weighted by Crippen LogP contribution is -2.26. The molecule has 2 aromatic carbocycles. The molecule has 0 radical (unpaired) electrons. The van der Waals surface area contributed by atoms with Gasteiger partial charge in [-0.15, -0.1) is 0 Å². The van der Waals surface area contributed by atoms with E-state index < -0.39 is 10.0 Å². The Morgan fingerprint density at radius 2 is 1.77 bits per heavy atom. The maximum Gasteiger partial charge on any atom is 0.263 e. The molecular weight excluding hydrogens is 395 g/mol. The van der Waals surface area contributed by atoms with E-state index in [-0.39, 0.29) is 22.2 Å². The summed E-state index contributed by atoms with van der Waals surface area (Å²) in [7, 11) is -3.85. The van der Waals surface area contributed by atoms with E-state index in [1.807, 2.05) is 0 Å². The molecule has 0 aromatic heterocycles. The highest BCUT2D eigenvalue weighted by molar-refractivity contribution is 7.92. The molecule has 0 atom stereocenters. The molecule has 0 bridgehead atoms. The summed E-state index contributed by atoms with van der Waals surface area (Å²) in [5.41, 5.74) is 1.82. The van der Waals surface area contributed by atoms with Crippen LogP contribution in [-0.4, -0.2) is 20.4 Å². The molecule has 1 fully saturated rings. The second kappa shape index (κ2) is 7.47. The van der Waals surface area contributed by atoms with Gasteiger partial charge in [-0.3, -0.25) is 9.52 Å². The Bertz CT molecular complexity index is 940. The van der Waals surface area contributed by atoms with Crippen molar-refractivity contribution in [1.82, 2.24) is 5.32 Å². The second-order valence-corrected chi connectivity index (χ2v) is 8.82. The van der Waals surface area contributed by atoms with Crippen LogP contribution in [0, 0.1) is 6.92 Å². The summed E-state index contributed by atoms with van der Waals surface area (Å²) in [5, 5.41) is 3.38. The number of benzene rings is 2. The third kappa shape index (κ3) is 4.69. The first kappa shape index (κ1) is 19.0. The number of hydrogen-bond acceptors (Lipinski definition) is 3. The molecule has 8 heteroatoms. The SMILES string of the molecule is Cc1cc(S(=O)(=O)Nc2ccc(CC(=O)NC3CC3)cc2)c(Cl)cc1Cl. The molecule has 3 rings (SSSR count). The van der Waals surface area contributed by atoms with Crippen molar-refractivity contribution in [2.24, 2.45) is 0 Å². The average molecular weight is 413 g/mol. The van der Waals surface area contributed by atoms with Crippen LogP contribution < -0.4 is 10.0 Å². The lowest BCUT2D eigenvalue weighted by molar-refractivity contribution is -0.120. The average Bonchev–Trinajstić information content (AvgIpc) is 3.36. The Kier molecular flexibility index (Phi) is 5.46. The van der Waals surface area contributed by atoms with Crippen molar-refractivity contribution in [3.8, 4) is 0 Å². The van der Waals surface area contributed by atoms with E-state index in [9.17, 15) is 13.2 Å². The molecule has 0 unspecified atom stereocenters. The van der Waals surface area contributed by atoms with Crippen LogP contribution in [0.25, 0.3) is 0 Å². The van der Waals surface area contributed by atoms with Crippen LogP contribution in [0.2, 0.25) is 10.0 Å². The van der Waals surface area contributed by atoms with Gasteiger partial charge in [-0.25, -0.2) is 8.42 Å². The van der Waals surface area contributed by atoms with Gasteiger partial charge in [-0.2, -0.15) is 0 Å². The number of halogens is 2. The smallest absolute Gasteiger partial charge is 0.263 e. The minimum absolute atomic E-state index is 0.0238. The summed E-state index contributed by atoms with van der Waals surface area (Å²) in [4.78, 5) is 11.8. The van der Waals surface area contributed by atoms with Crippen molar-refractivity contribution in [2.75, 3.05) is 4.72 Å². The zero-order valence-electron chi connectivity index (χ0n) is 14.1. The predicted molar refractivity (Wildman–Crippen MR) is 103 cm³/mol. The Balaban J connectivity index is 1.71. The Hall–Kier alpha value is -1.76. The molecule has 1 aliphatic carbocycles. The first-order valence-electron chi connectivity index (χ1n) is 8.11. The quantitative estimate of drug-likeness (QED) is 0.754. The van der Waals surface area contributed by atoms with Crippen LogP contribution in [0.3, 0.4) is 0 Å². The summed E-state index contributed by atoms with van der Waals surface area (Å²) in [6.07, 6.45) is 2.35. The molecule has 2 aromatic rings. The van der Waals surface area contributed by atoms with Gasteiger partial charge in [0.1, 0.15) is 4.90 Å². The van der Waals surface area contributed by atoms with Crippen LogP contribution in [0.1, 0.15) is 24.0 Å². The first-order chi connectivity index (χ1) is 12.2. The van der Waals surface area contributed by atoms with E-state index in [1.54, 1.807) is 31.2 Å². The molecular formula is C18H18Cl2N2O3S. The molecule has 0 saturated heterocycles. The van der Waals surface area contributed by atoms with Crippen molar-refractivity contribution in [2.45, 2.75) is 37.1 Å². The van der Waals surface area contributed by atoms with Gasteiger partial charge in [-0.1, -0.05) is 35.3 Å². The number of aryl methyl sites for hydroxylation is 1. The third-order valence-electron chi connectivity index (χ3n) is 4.02. The fraction of sp³-hybridized carbons (Fsp3) is 0.278. The van der Waals surface area contributed by atoms with Gasteiger partial charge in [0.15, 0.2) is 0 Å². The highest BCUT2D eigenvalue weighted by Crippen LogP contribution is 2.29. The standard InChI is InChI=1S/C18H18Cl2N2O3S/c1-11-8-17(16(20)10-15(11)19)26(24,25)22-14-4-2-12(3-5-14)9-18(23)21-13-6-7-13/h2-5,8,10,13,22H,6-7,9H2,1H3,(H,21,23). The minimum Gasteiger partial charge on any atom is -0.353 e. The first-order valence-corrected chi connectivity index (χ1v) is 10.4. The lowest BCUT2D eigenvalue weighted by atomic mass is 10.1. The van der Waals surface area contributed by atoms with E-state index in [2.05, 4.69) is 10.0 Å². The van der Waals surface area contributed by atoms with Crippen LogP contribution in [0.5, 0.6) is 0 Å². The number of carbonyl (C=O) groups excluding carboxylic acids is 1. The van der Waals surface area contributed by atoms with E-state index in [4.69, 9.17) is 23.2 Å². The Morgan fingerprint density at radius 1 is 1.12 bits per heavy atom. The zero-order valence-corrected chi connectivity index (χ0v) is 16.4. The van der Waals surface area contributed by atoms with Crippen LogP contribution >= 0.6 is 23.2 Å². The molecule has 0 heterocycles. The van der Waals surface area contributed by atoms with Gasteiger partial charge in [0, 0.05) is 16.8 Å². The number of hydrogen-bond donors (Lipinski definition) is 2. The second-order valence-electron chi connectivity index (χ2n) is 6.35. The predicted octanol–water partition coefficient (Wildman–Crippen LogP) is 3.92. The van der Waals surface area contributed by atoms with Crippen LogP contribution in [-0.2, 0) is 21.2 Å². The van der Waals surface area contributed by atoms with Crippen LogP contribution in [0.4, 0.5) is 5.69 Å². The topological polar surface area (TPSA) is 75.3 Å². The largest absolute Gasteiger partial charge is 0.353 e. The molecule has 5 nitrogen and oxygen atoms in total. The molecule has 1 saturated carbocycles. The number of carbonyl (C=O) groups is 1. The van der Waals surface area contributed by atoms with E-state index in [0.29, 0.717) is 22.3 Å².